The number of nitrogens with one attached hydrogen (secondary N) is 1. The molecule has 0 heterocycles. The molecule has 3 aromatic rings. The molecule has 1 heteroatoms. The molecule has 3 aromatic carbocycles. The van der Waals surface area contributed by atoms with Crippen molar-refractivity contribution in [2.45, 2.75) is 57.9 Å². The molecule has 0 saturated heterocycles. The standard InChI is InChI=1S/C25H29N/c1-24(2)14-15-25(3,4)23-21(24)10-7-11-22(23)26-17-18-12-13-19-8-5-6-9-20(19)16-18/h5-13,16,26H,14-15,17H2,1-4H3. The minimum absolute atomic E-state index is 0.220. The van der Waals surface area contributed by atoms with E-state index in [0.717, 1.165) is 6.54 Å². The van der Waals surface area contributed by atoms with Crippen molar-refractivity contribution in [2.24, 2.45) is 0 Å². The summed E-state index contributed by atoms with van der Waals surface area (Å²) in [5.41, 5.74) is 6.13. The van der Waals surface area contributed by atoms with E-state index in [4.69, 9.17) is 0 Å². The lowest BCUT2D eigenvalue weighted by Gasteiger charge is -2.43. The molecule has 26 heavy (non-hydrogen) atoms. The first-order valence-corrected chi connectivity index (χ1v) is 9.72. The van der Waals surface area contributed by atoms with Gasteiger partial charge in [-0.25, -0.2) is 0 Å². The maximum atomic E-state index is 3.75. The third-order valence-electron chi connectivity index (χ3n) is 6.14. The van der Waals surface area contributed by atoms with Gasteiger partial charge in [0.1, 0.15) is 0 Å². The Bertz CT molecular complexity index is 949. The summed E-state index contributed by atoms with van der Waals surface area (Å²) in [4.78, 5) is 0. The molecule has 4 rings (SSSR count). The van der Waals surface area contributed by atoms with Crippen molar-refractivity contribution in [1.29, 1.82) is 0 Å². The van der Waals surface area contributed by atoms with Crippen molar-refractivity contribution in [2.75, 3.05) is 5.32 Å². The fourth-order valence-corrected chi connectivity index (χ4v) is 4.42. The fraction of sp³-hybridized carbons (Fsp3) is 0.360. The molecule has 0 bridgehead atoms. The van der Waals surface area contributed by atoms with Crippen LogP contribution >= 0.6 is 0 Å². The summed E-state index contributed by atoms with van der Waals surface area (Å²) >= 11 is 0. The third kappa shape index (κ3) is 3.00. The molecule has 1 nitrogen and oxygen atoms in total. The molecule has 1 N–H and O–H groups in total. The number of hydrogen-bond acceptors (Lipinski definition) is 1. The van der Waals surface area contributed by atoms with Crippen LogP contribution in [0.25, 0.3) is 10.8 Å². The molecule has 0 aromatic heterocycles. The van der Waals surface area contributed by atoms with E-state index in [1.165, 1.54) is 46.0 Å². The highest BCUT2D eigenvalue weighted by Crippen LogP contribution is 2.48. The van der Waals surface area contributed by atoms with Gasteiger partial charge in [0.25, 0.3) is 0 Å². The Kier molecular flexibility index (Phi) is 4.06. The quantitative estimate of drug-likeness (QED) is 0.551. The van der Waals surface area contributed by atoms with E-state index in [1.54, 1.807) is 0 Å². The average Bonchev–Trinajstić information content (AvgIpc) is 2.63. The van der Waals surface area contributed by atoms with Crippen molar-refractivity contribution in [3.63, 3.8) is 0 Å². The Labute approximate surface area is 157 Å². The van der Waals surface area contributed by atoms with Crippen LogP contribution in [0.1, 0.15) is 57.2 Å². The monoisotopic (exact) mass is 343 g/mol. The summed E-state index contributed by atoms with van der Waals surface area (Å²) in [5, 5.41) is 6.36. The fourth-order valence-electron chi connectivity index (χ4n) is 4.42. The van der Waals surface area contributed by atoms with Crippen molar-refractivity contribution in [3.05, 3.63) is 77.4 Å². The SMILES string of the molecule is CC1(C)CCC(C)(C)c2c(NCc3ccc4ccccc4c3)cccc21. The van der Waals surface area contributed by atoms with Gasteiger partial charge < -0.3 is 5.32 Å². The summed E-state index contributed by atoms with van der Waals surface area (Å²) in [6, 6.07) is 22.1. The van der Waals surface area contributed by atoms with Gasteiger partial charge in [-0.3, -0.25) is 0 Å². The number of benzene rings is 3. The molecular weight excluding hydrogens is 314 g/mol. The summed E-state index contributed by atoms with van der Waals surface area (Å²) in [6.45, 7) is 10.4. The maximum Gasteiger partial charge on any atom is 0.0401 e. The van der Waals surface area contributed by atoms with Crippen LogP contribution in [-0.2, 0) is 17.4 Å². The maximum absolute atomic E-state index is 3.75. The molecule has 0 aliphatic heterocycles. The van der Waals surface area contributed by atoms with Crippen molar-refractivity contribution in [1.82, 2.24) is 0 Å². The molecule has 0 spiro atoms. The number of hydrogen-bond donors (Lipinski definition) is 1. The topological polar surface area (TPSA) is 12.0 Å². The van der Waals surface area contributed by atoms with Gasteiger partial charge in [0, 0.05) is 12.2 Å². The molecule has 0 radical (unpaired) electrons. The lowest BCUT2D eigenvalue weighted by Crippen LogP contribution is -2.34. The van der Waals surface area contributed by atoms with E-state index in [-0.39, 0.29) is 10.8 Å². The Morgan fingerprint density at radius 2 is 1.50 bits per heavy atom. The smallest absolute Gasteiger partial charge is 0.0401 e. The van der Waals surface area contributed by atoms with Gasteiger partial charge in [0.05, 0.1) is 0 Å². The lowest BCUT2D eigenvalue weighted by atomic mass is 9.62. The Hall–Kier alpha value is -2.28. The summed E-state index contributed by atoms with van der Waals surface area (Å²) in [7, 11) is 0. The number of anilines is 1. The Morgan fingerprint density at radius 1 is 0.769 bits per heavy atom. The lowest BCUT2D eigenvalue weighted by molar-refractivity contribution is 0.333. The van der Waals surface area contributed by atoms with Crippen LogP contribution < -0.4 is 5.32 Å². The molecule has 0 unspecified atom stereocenters. The minimum atomic E-state index is 0.220. The average molecular weight is 344 g/mol. The van der Waals surface area contributed by atoms with Crippen molar-refractivity contribution >= 4 is 16.5 Å². The molecule has 0 saturated carbocycles. The zero-order valence-corrected chi connectivity index (χ0v) is 16.4. The van der Waals surface area contributed by atoms with Gasteiger partial charge in [-0.2, -0.15) is 0 Å². The van der Waals surface area contributed by atoms with Gasteiger partial charge in [-0.05, 0) is 63.3 Å². The van der Waals surface area contributed by atoms with Gasteiger partial charge in [-0.1, -0.05) is 76.2 Å². The van der Waals surface area contributed by atoms with Crippen molar-refractivity contribution < 1.29 is 0 Å². The zero-order chi connectivity index (χ0) is 18.4. The molecule has 134 valence electrons. The molecule has 1 aliphatic carbocycles. The Morgan fingerprint density at radius 3 is 2.31 bits per heavy atom. The largest absolute Gasteiger partial charge is 0.381 e. The molecule has 0 fully saturated rings. The second kappa shape index (κ2) is 6.16. The predicted octanol–water partition coefficient (Wildman–Crippen LogP) is 6.80. The van der Waals surface area contributed by atoms with Gasteiger partial charge in [0.15, 0.2) is 0 Å². The van der Waals surface area contributed by atoms with Gasteiger partial charge in [-0.15, -0.1) is 0 Å². The minimum Gasteiger partial charge on any atom is -0.381 e. The van der Waals surface area contributed by atoms with E-state index < -0.39 is 0 Å². The normalized spacial score (nSPS) is 17.7. The zero-order valence-electron chi connectivity index (χ0n) is 16.4. The molecular formula is C25H29N. The van der Waals surface area contributed by atoms with E-state index in [1.807, 2.05) is 0 Å². The summed E-state index contributed by atoms with van der Waals surface area (Å²) in [6.07, 6.45) is 2.49. The van der Waals surface area contributed by atoms with E-state index in [0.29, 0.717) is 0 Å². The van der Waals surface area contributed by atoms with Crippen LogP contribution in [0.5, 0.6) is 0 Å². The van der Waals surface area contributed by atoms with Crippen LogP contribution in [0, 0.1) is 0 Å². The first-order valence-electron chi connectivity index (χ1n) is 9.72. The van der Waals surface area contributed by atoms with Gasteiger partial charge >= 0.3 is 0 Å². The number of fused-ring (bicyclic) bond motifs is 2. The first kappa shape index (κ1) is 17.1. The Balaban J connectivity index is 1.66. The van der Waals surface area contributed by atoms with Crippen LogP contribution in [0.2, 0.25) is 0 Å². The van der Waals surface area contributed by atoms with Gasteiger partial charge in [0.2, 0.25) is 0 Å². The second-order valence-corrected chi connectivity index (χ2v) is 9.03. The van der Waals surface area contributed by atoms with Crippen molar-refractivity contribution in [3.8, 4) is 0 Å². The molecule has 0 amide bonds. The van der Waals surface area contributed by atoms with E-state index >= 15 is 0 Å². The summed E-state index contributed by atoms with van der Waals surface area (Å²) < 4.78 is 0. The van der Waals surface area contributed by atoms with E-state index in [2.05, 4.69) is 93.7 Å². The summed E-state index contributed by atoms with van der Waals surface area (Å²) in [5.74, 6) is 0. The number of rotatable bonds is 3. The molecule has 0 atom stereocenters. The highest BCUT2D eigenvalue weighted by atomic mass is 14.9. The molecule has 1 aliphatic rings. The third-order valence-corrected chi connectivity index (χ3v) is 6.14. The highest BCUT2D eigenvalue weighted by Gasteiger charge is 2.38. The van der Waals surface area contributed by atoms with Crippen LogP contribution in [0.4, 0.5) is 5.69 Å². The van der Waals surface area contributed by atoms with Crippen LogP contribution in [0.3, 0.4) is 0 Å². The predicted molar refractivity (Wildman–Crippen MR) is 113 cm³/mol. The first-order chi connectivity index (χ1) is 12.4. The van der Waals surface area contributed by atoms with Crippen LogP contribution in [0.15, 0.2) is 60.7 Å². The second-order valence-electron chi connectivity index (χ2n) is 9.03. The van der Waals surface area contributed by atoms with Crippen LogP contribution in [-0.4, -0.2) is 0 Å². The van der Waals surface area contributed by atoms with E-state index in [9.17, 15) is 0 Å². The highest BCUT2D eigenvalue weighted by molar-refractivity contribution is 5.83.